The lowest BCUT2D eigenvalue weighted by molar-refractivity contribution is -0.141. The van der Waals surface area contributed by atoms with E-state index in [1.54, 1.807) is 30.3 Å². The van der Waals surface area contributed by atoms with E-state index in [0.29, 0.717) is 5.56 Å². The summed E-state index contributed by atoms with van der Waals surface area (Å²) in [6, 6.07) is 4.43. The van der Waals surface area contributed by atoms with Gasteiger partial charge in [0, 0.05) is 7.05 Å². The molecule has 13 heteroatoms. The van der Waals surface area contributed by atoms with Crippen molar-refractivity contribution in [2.24, 2.45) is 5.73 Å². The molecule has 0 bridgehead atoms. The summed E-state index contributed by atoms with van der Waals surface area (Å²) in [4.78, 5) is 48.2. The van der Waals surface area contributed by atoms with Gasteiger partial charge in [-0.1, -0.05) is 30.3 Å². The Labute approximate surface area is 166 Å². The fourth-order valence-electron chi connectivity index (χ4n) is 2.56. The molecular weight excluding hydrogens is 406 g/mol. The van der Waals surface area contributed by atoms with Crippen LogP contribution in [0.4, 0.5) is 0 Å². The van der Waals surface area contributed by atoms with Crippen LogP contribution in [-0.2, 0) is 29.5 Å². The molecule has 1 heterocycles. The van der Waals surface area contributed by atoms with Crippen LogP contribution in [0.1, 0.15) is 18.0 Å². The number of nitrogens with two attached hydrogens (primary N) is 1. The van der Waals surface area contributed by atoms with Crippen molar-refractivity contribution in [1.29, 1.82) is 0 Å². The molecule has 3 atom stereocenters. The number of hydrogen-bond donors (Lipinski definition) is 5. The van der Waals surface area contributed by atoms with Crippen molar-refractivity contribution < 1.29 is 32.1 Å². The number of hydrogen-bond acceptors (Lipinski definition) is 7. The minimum Gasteiger partial charge on any atom is -0.359 e. The van der Waals surface area contributed by atoms with Gasteiger partial charge in [0.2, 0.25) is 17.7 Å². The zero-order valence-electron chi connectivity index (χ0n) is 15.4. The monoisotopic (exact) mass is 427 g/mol. The molecule has 0 saturated carbocycles. The van der Waals surface area contributed by atoms with E-state index in [0.717, 1.165) is 0 Å². The molecule has 1 aromatic rings. The molecule has 158 valence electrons. The van der Waals surface area contributed by atoms with Crippen molar-refractivity contribution in [2.75, 3.05) is 13.6 Å². The molecule has 0 aromatic heterocycles. The molecule has 1 aromatic carbocycles. The number of β-lactam (4-membered cyclic amide) rings is 1. The maximum atomic E-state index is 12.7. The highest BCUT2D eigenvalue weighted by molar-refractivity contribution is 7.84. The molecule has 0 spiro atoms. The summed E-state index contributed by atoms with van der Waals surface area (Å²) >= 11 is 0. The van der Waals surface area contributed by atoms with E-state index in [4.69, 9.17) is 10.3 Å². The lowest BCUT2D eigenvalue weighted by atomic mass is 10.0. The fourth-order valence-corrected chi connectivity index (χ4v) is 3.25. The highest BCUT2D eigenvalue weighted by atomic mass is 32.2. The normalized spacial score (nSPS) is 18.2. The Morgan fingerprint density at radius 3 is 2.38 bits per heavy atom. The molecule has 6 N–H and O–H groups in total. The van der Waals surface area contributed by atoms with Crippen LogP contribution in [0, 0.1) is 0 Å². The van der Waals surface area contributed by atoms with Crippen LogP contribution in [0.25, 0.3) is 0 Å². The zero-order valence-corrected chi connectivity index (χ0v) is 16.2. The Balaban J connectivity index is 2.11. The number of benzene rings is 1. The second kappa shape index (κ2) is 8.98. The third-order valence-electron chi connectivity index (χ3n) is 4.19. The summed E-state index contributed by atoms with van der Waals surface area (Å²) in [5, 5.41) is 7.08. The lowest BCUT2D eigenvalue weighted by Gasteiger charge is -2.36. The van der Waals surface area contributed by atoms with Crippen LogP contribution in [0.3, 0.4) is 0 Å². The third-order valence-corrected chi connectivity index (χ3v) is 5.08. The molecule has 2 rings (SSSR count). The van der Waals surface area contributed by atoms with Gasteiger partial charge in [-0.3, -0.25) is 23.7 Å². The summed E-state index contributed by atoms with van der Waals surface area (Å²) in [6.45, 7) is -0.435. The topological polar surface area (TPSA) is 188 Å². The number of rotatable bonds is 8. The van der Waals surface area contributed by atoms with Crippen molar-refractivity contribution in [3.05, 3.63) is 35.9 Å². The maximum Gasteiger partial charge on any atom is 0.362 e. The Bertz CT molecular complexity index is 905. The largest absolute Gasteiger partial charge is 0.362 e. The number of carbonyl (C=O) groups excluding carboxylic acids is 4. The molecule has 0 radical (unpaired) electrons. The van der Waals surface area contributed by atoms with Gasteiger partial charge in [0.1, 0.15) is 12.1 Å². The van der Waals surface area contributed by atoms with Gasteiger partial charge in [-0.05, 0) is 5.56 Å². The minimum absolute atomic E-state index is 0.202. The molecule has 1 fully saturated rings. The van der Waals surface area contributed by atoms with E-state index in [9.17, 15) is 27.6 Å². The molecule has 1 saturated heterocycles. The smallest absolute Gasteiger partial charge is 0.359 e. The fraction of sp³-hybridized carbons (Fsp3) is 0.375. The minimum atomic E-state index is -4.69. The van der Waals surface area contributed by atoms with Crippen molar-refractivity contribution in [1.82, 2.24) is 20.3 Å². The maximum absolute atomic E-state index is 12.7. The van der Waals surface area contributed by atoms with Crippen molar-refractivity contribution in [3.63, 3.8) is 0 Å². The van der Waals surface area contributed by atoms with Gasteiger partial charge in [0.05, 0.1) is 19.0 Å². The number of nitrogens with zero attached hydrogens (tertiary/aromatic N) is 1. The Hall–Kier alpha value is -3.03. The second-order valence-corrected chi connectivity index (χ2v) is 7.58. The average molecular weight is 427 g/mol. The number of carbonyl (C=O) groups is 4. The molecule has 3 unspecified atom stereocenters. The average Bonchev–Trinajstić information content (AvgIpc) is 2.67. The van der Waals surface area contributed by atoms with E-state index < -0.39 is 58.6 Å². The van der Waals surface area contributed by atoms with Crippen molar-refractivity contribution in [2.45, 2.75) is 24.5 Å². The van der Waals surface area contributed by atoms with Gasteiger partial charge < -0.3 is 21.7 Å². The molecule has 29 heavy (non-hydrogen) atoms. The van der Waals surface area contributed by atoms with E-state index in [1.165, 1.54) is 7.05 Å². The summed E-state index contributed by atoms with van der Waals surface area (Å²) < 4.78 is 31.1. The number of nitrogens with one attached hydrogen (secondary N) is 3. The standard InChI is InChI=1S/C16H21N5O7S/c1-18-12(22)7-10(17)14(23)20-13(9-5-3-2-4-6-9)15(24)19-11-8-21(16(11)25)29(26,27)28/h2-6,10-11,13H,7-8,17H2,1H3,(H,18,22)(H,19,24)(H,20,23)(H,26,27,28). The van der Waals surface area contributed by atoms with Gasteiger partial charge in [0.15, 0.2) is 0 Å². The third kappa shape index (κ3) is 5.49. The van der Waals surface area contributed by atoms with Gasteiger partial charge >= 0.3 is 10.3 Å². The SMILES string of the molecule is CNC(=O)CC(N)C(=O)NC(C(=O)NC1CN(S(=O)(=O)O)C1=O)c1ccccc1. The van der Waals surface area contributed by atoms with Gasteiger partial charge in [-0.15, -0.1) is 0 Å². The van der Waals surface area contributed by atoms with E-state index in [-0.39, 0.29) is 10.7 Å². The summed E-state index contributed by atoms with van der Waals surface area (Å²) in [5.74, 6) is -3.02. The Kier molecular flexibility index (Phi) is 6.89. The predicted octanol–water partition coefficient (Wildman–Crippen LogP) is -2.56. The van der Waals surface area contributed by atoms with Crippen LogP contribution in [-0.4, -0.2) is 66.6 Å². The Morgan fingerprint density at radius 1 is 1.24 bits per heavy atom. The van der Waals surface area contributed by atoms with Crippen LogP contribution in [0.15, 0.2) is 30.3 Å². The van der Waals surface area contributed by atoms with E-state index in [1.807, 2.05) is 0 Å². The van der Waals surface area contributed by atoms with Gasteiger partial charge in [0.25, 0.3) is 5.91 Å². The molecule has 1 aliphatic heterocycles. The van der Waals surface area contributed by atoms with Crippen LogP contribution in [0.5, 0.6) is 0 Å². The first-order valence-corrected chi connectivity index (χ1v) is 9.85. The van der Waals surface area contributed by atoms with Crippen LogP contribution < -0.4 is 21.7 Å². The zero-order chi connectivity index (χ0) is 21.8. The molecule has 1 aliphatic rings. The molecule has 4 amide bonds. The van der Waals surface area contributed by atoms with Gasteiger partial charge in [-0.25, -0.2) is 4.31 Å². The number of amides is 4. The van der Waals surface area contributed by atoms with Crippen LogP contribution in [0.2, 0.25) is 0 Å². The molecule has 12 nitrogen and oxygen atoms in total. The summed E-state index contributed by atoms with van der Waals surface area (Å²) in [5.41, 5.74) is 6.07. The van der Waals surface area contributed by atoms with Crippen molar-refractivity contribution >= 4 is 33.9 Å². The lowest BCUT2D eigenvalue weighted by Crippen LogP contribution is -2.66. The molecule has 0 aliphatic carbocycles. The predicted molar refractivity (Wildman–Crippen MR) is 99.2 cm³/mol. The second-order valence-electron chi connectivity index (χ2n) is 6.24. The van der Waals surface area contributed by atoms with E-state index in [2.05, 4.69) is 16.0 Å². The quantitative estimate of drug-likeness (QED) is 0.221. The van der Waals surface area contributed by atoms with Gasteiger partial charge in [-0.2, -0.15) is 8.42 Å². The first-order valence-electron chi connectivity index (χ1n) is 8.45. The summed E-state index contributed by atoms with van der Waals surface area (Å²) in [6.07, 6.45) is -0.296. The van der Waals surface area contributed by atoms with Crippen LogP contribution >= 0.6 is 0 Å². The van der Waals surface area contributed by atoms with E-state index >= 15 is 0 Å². The molecular formula is C16H21N5O7S. The highest BCUT2D eigenvalue weighted by Gasteiger charge is 2.45. The summed E-state index contributed by atoms with van der Waals surface area (Å²) in [7, 11) is -3.30. The first-order chi connectivity index (χ1) is 13.5. The Morgan fingerprint density at radius 2 is 1.86 bits per heavy atom. The van der Waals surface area contributed by atoms with Crippen molar-refractivity contribution in [3.8, 4) is 0 Å². The highest BCUT2D eigenvalue weighted by Crippen LogP contribution is 2.18. The first kappa shape index (κ1) is 22.3.